The highest BCUT2D eigenvalue weighted by Crippen LogP contribution is 2.18. The van der Waals surface area contributed by atoms with E-state index >= 15 is 0 Å². The molecular weight excluding hydrogens is 258 g/mol. The van der Waals surface area contributed by atoms with Crippen LogP contribution in [0.5, 0.6) is 0 Å². The maximum Gasteiger partial charge on any atom is 0.274 e. The van der Waals surface area contributed by atoms with Gasteiger partial charge in [-0.2, -0.15) is 10.4 Å². The van der Waals surface area contributed by atoms with Gasteiger partial charge in [0.15, 0.2) is 0 Å². The Balaban J connectivity index is 3.01. The Morgan fingerprint density at radius 3 is 2.80 bits per heavy atom. The summed E-state index contributed by atoms with van der Waals surface area (Å²) < 4.78 is 6.60. The number of methoxy groups -OCH3 is 1. The summed E-state index contributed by atoms with van der Waals surface area (Å²) in [5.74, 6) is -0.211. The Bertz CT molecular complexity index is 504. The van der Waals surface area contributed by atoms with Crippen LogP contribution in [0.1, 0.15) is 29.5 Å². The van der Waals surface area contributed by atoms with Crippen LogP contribution in [0, 0.1) is 18.3 Å². The molecule has 0 aliphatic heterocycles. The third-order valence-electron chi connectivity index (χ3n) is 3.02. The molecule has 110 valence electrons. The van der Waals surface area contributed by atoms with Gasteiger partial charge in [0, 0.05) is 26.7 Å². The monoisotopic (exact) mass is 279 g/mol. The highest BCUT2D eigenvalue weighted by Gasteiger charge is 2.24. The molecule has 1 aromatic heterocycles. The van der Waals surface area contributed by atoms with Crippen molar-refractivity contribution < 1.29 is 9.53 Å². The maximum absolute atomic E-state index is 12.6. The molecule has 0 radical (unpaired) electrons. The highest BCUT2D eigenvalue weighted by molar-refractivity contribution is 5.98. The van der Waals surface area contributed by atoms with Crippen LogP contribution in [0.4, 0.5) is 5.69 Å². The van der Waals surface area contributed by atoms with Gasteiger partial charge in [0.2, 0.25) is 0 Å². The largest absolute Gasteiger partial charge is 0.395 e. The van der Waals surface area contributed by atoms with Gasteiger partial charge in [-0.05, 0) is 13.8 Å². The zero-order valence-electron chi connectivity index (χ0n) is 12.2. The van der Waals surface area contributed by atoms with E-state index in [-0.39, 0.29) is 12.3 Å². The van der Waals surface area contributed by atoms with Crippen LogP contribution in [0.3, 0.4) is 0 Å². The lowest BCUT2D eigenvalue weighted by Gasteiger charge is -2.21. The van der Waals surface area contributed by atoms with Gasteiger partial charge < -0.3 is 15.4 Å². The van der Waals surface area contributed by atoms with E-state index in [2.05, 4.69) is 5.10 Å². The minimum absolute atomic E-state index is 0.211. The van der Waals surface area contributed by atoms with Gasteiger partial charge in [-0.3, -0.25) is 9.48 Å². The molecule has 0 atom stereocenters. The van der Waals surface area contributed by atoms with E-state index in [1.807, 2.05) is 13.0 Å². The minimum Gasteiger partial charge on any atom is -0.395 e. The number of nitrogens with zero attached hydrogens (tertiary/aromatic N) is 4. The summed E-state index contributed by atoms with van der Waals surface area (Å²) in [5, 5.41) is 12.9. The number of aromatic nitrogens is 2. The van der Waals surface area contributed by atoms with Crippen molar-refractivity contribution in [2.45, 2.75) is 26.8 Å². The second kappa shape index (κ2) is 7.50. The van der Waals surface area contributed by atoms with Crippen molar-refractivity contribution in [1.29, 1.82) is 5.26 Å². The van der Waals surface area contributed by atoms with Crippen molar-refractivity contribution >= 4 is 11.6 Å². The van der Waals surface area contributed by atoms with Crippen molar-refractivity contribution in [3.05, 3.63) is 11.4 Å². The second-order valence-corrected chi connectivity index (χ2v) is 4.36. The zero-order valence-corrected chi connectivity index (χ0v) is 12.2. The molecule has 20 heavy (non-hydrogen) atoms. The van der Waals surface area contributed by atoms with Gasteiger partial charge in [-0.15, -0.1) is 0 Å². The van der Waals surface area contributed by atoms with Crippen molar-refractivity contribution in [3.63, 3.8) is 0 Å². The molecule has 0 saturated carbocycles. The number of carbonyl (C=O) groups is 1. The fourth-order valence-corrected chi connectivity index (χ4v) is 1.90. The van der Waals surface area contributed by atoms with Crippen LogP contribution in [0.25, 0.3) is 0 Å². The molecule has 0 unspecified atom stereocenters. The number of ether oxygens (including phenoxy) is 1. The third kappa shape index (κ3) is 3.48. The minimum atomic E-state index is -0.211. The summed E-state index contributed by atoms with van der Waals surface area (Å²) in [4.78, 5) is 14.2. The first-order valence-electron chi connectivity index (χ1n) is 6.54. The first-order chi connectivity index (χ1) is 9.56. The van der Waals surface area contributed by atoms with E-state index in [4.69, 9.17) is 15.7 Å². The Morgan fingerprint density at radius 1 is 1.55 bits per heavy atom. The number of nitriles is 1. The number of amides is 1. The standard InChI is InChI=1S/C13H21N5O2/c1-4-18-12(11(15)10(2)16-18)13(19)17(7-5-6-14)8-9-20-3/h4-5,7-9,15H2,1-3H3. The molecule has 0 aromatic carbocycles. The molecule has 0 aliphatic carbocycles. The molecule has 7 heteroatoms. The molecule has 1 aromatic rings. The number of aryl methyl sites for hydroxylation is 2. The van der Waals surface area contributed by atoms with E-state index in [1.54, 1.807) is 23.6 Å². The van der Waals surface area contributed by atoms with E-state index in [9.17, 15) is 4.79 Å². The van der Waals surface area contributed by atoms with Crippen LogP contribution >= 0.6 is 0 Å². The van der Waals surface area contributed by atoms with Crippen LogP contribution in [-0.2, 0) is 11.3 Å². The smallest absolute Gasteiger partial charge is 0.274 e. The normalized spacial score (nSPS) is 10.3. The number of hydrogen-bond donors (Lipinski definition) is 1. The molecule has 1 rings (SSSR count). The van der Waals surface area contributed by atoms with E-state index in [0.29, 0.717) is 43.3 Å². The zero-order chi connectivity index (χ0) is 15.1. The first kappa shape index (κ1) is 16.0. The number of nitrogens with two attached hydrogens (primary N) is 1. The predicted molar refractivity (Wildman–Crippen MR) is 75.1 cm³/mol. The van der Waals surface area contributed by atoms with Crippen molar-refractivity contribution in [2.75, 3.05) is 32.5 Å². The fourth-order valence-electron chi connectivity index (χ4n) is 1.90. The Kier molecular flexibility index (Phi) is 6.00. The molecule has 0 saturated heterocycles. The molecule has 0 fully saturated rings. The van der Waals surface area contributed by atoms with Crippen LogP contribution in [-0.4, -0.2) is 47.4 Å². The van der Waals surface area contributed by atoms with Crippen LogP contribution in [0.2, 0.25) is 0 Å². The predicted octanol–water partition coefficient (Wildman–Crippen LogP) is 0.796. The Labute approximate surface area is 118 Å². The van der Waals surface area contributed by atoms with Gasteiger partial charge >= 0.3 is 0 Å². The SMILES string of the molecule is CCn1nc(C)c(N)c1C(=O)N(CCC#N)CCOC. The summed E-state index contributed by atoms with van der Waals surface area (Å²) >= 11 is 0. The second-order valence-electron chi connectivity index (χ2n) is 4.36. The van der Waals surface area contributed by atoms with Crippen LogP contribution in [0.15, 0.2) is 0 Å². The summed E-state index contributed by atoms with van der Waals surface area (Å²) in [6.07, 6.45) is 0.272. The molecule has 0 spiro atoms. The molecule has 1 heterocycles. The number of rotatable bonds is 7. The van der Waals surface area contributed by atoms with Gasteiger partial charge in [-0.1, -0.05) is 0 Å². The lowest BCUT2D eigenvalue weighted by molar-refractivity contribution is 0.0689. The maximum atomic E-state index is 12.6. The molecule has 1 amide bonds. The number of nitrogen functional groups attached to an aromatic ring is 1. The van der Waals surface area contributed by atoms with E-state index < -0.39 is 0 Å². The number of carbonyl (C=O) groups excluding carboxylic acids is 1. The topological polar surface area (TPSA) is 97.2 Å². The van der Waals surface area contributed by atoms with Gasteiger partial charge in [-0.25, -0.2) is 0 Å². The first-order valence-corrected chi connectivity index (χ1v) is 6.54. The van der Waals surface area contributed by atoms with Crippen molar-refractivity contribution in [1.82, 2.24) is 14.7 Å². The quantitative estimate of drug-likeness (QED) is 0.796. The van der Waals surface area contributed by atoms with Crippen molar-refractivity contribution in [3.8, 4) is 6.07 Å². The summed E-state index contributed by atoms with van der Waals surface area (Å²) in [6.45, 7) is 5.42. The third-order valence-corrected chi connectivity index (χ3v) is 3.02. The summed E-state index contributed by atoms with van der Waals surface area (Å²) in [7, 11) is 1.57. The number of anilines is 1. The highest BCUT2D eigenvalue weighted by atomic mass is 16.5. The average Bonchev–Trinajstić information content (AvgIpc) is 2.73. The lowest BCUT2D eigenvalue weighted by Crippen LogP contribution is -2.36. The fraction of sp³-hybridized carbons (Fsp3) is 0.615. The average molecular weight is 279 g/mol. The lowest BCUT2D eigenvalue weighted by atomic mass is 10.2. The number of hydrogen-bond acceptors (Lipinski definition) is 5. The molecule has 0 bridgehead atoms. The molecule has 7 nitrogen and oxygen atoms in total. The summed E-state index contributed by atoms with van der Waals surface area (Å²) in [5.41, 5.74) is 7.38. The van der Waals surface area contributed by atoms with E-state index in [1.165, 1.54) is 0 Å². The van der Waals surface area contributed by atoms with E-state index in [0.717, 1.165) is 0 Å². The van der Waals surface area contributed by atoms with Crippen LogP contribution < -0.4 is 5.73 Å². The Hall–Kier alpha value is -2.07. The molecule has 0 aliphatic rings. The van der Waals surface area contributed by atoms with Gasteiger partial charge in [0.05, 0.1) is 30.5 Å². The molecule has 2 N–H and O–H groups in total. The Morgan fingerprint density at radius 2 is 2.25 bits per heavy atom. The van der Waals surface area contributed by atoms with Gasteiger partial charge in [0.25, 0.3) is 5.91 Å². The van der Waals surface area contributed by atoms with Crippen molar-refractivity contribution in [2.24, 2.45) is 0 Å². The summed E-state index contributed by atoms with van der Waals surface area (Å²) in [6, 6.07) is 2.04. The van der Waals surface area contributed by atoms with Gasteiger partial charge in [0.1, 0.15) is 5.69 Å². The molecular formula is C13H21N5O2.